The van der Waals surface area contributed by atoms with Gasteiger partial charge in [-0.05, 0) is 41.5 Å². The average molecular weight is 482 g/mol. The molecular formula is C27H22N4O5. The lowest BCUT2D eigenvalue weighted by molar-refractivity contribution is -0.136. The van der Waals surface area contributed by atoms with Crippen LogP contribution in [0.4, 0.5) is 5.69 Å². The van der Waals surface area contributed by atoms with E-state index in [1.165, 1.54) is 18.3 Å². The summed E-state index contributed by atoms with van der Waals surface area (Å²) < 4.78 is 1.65. The van der Waals surface area contributed by atoms with Crippen molar-refractivity contribution in [2.45, 2.75) is 6.17 Å². The highest BCUT2D eigenvalue weighted by molar-refractivity contribution is 6.11. The molecule has 9 nitrogen and oxygen atoms in total. The summed E-state index contributed by atoms with van der Waals surface area (Å²) in [6.45, 7) is -0.590. The summed E-state index contributed by atoms with van der Waals surface area (Å²) in [5, 5.41) is 22.6. The average Bonchev–Trinajstić information content (AvgIpc) is 3.13. The molecule has 2 amide bonds. The number of aromatic hydroxyl groups is 1. The van der Waals surface area contributed by atoms with Crippen molar-refractivity contribution < 1.29 is 24.6 Å². The second-order valence-electron chi connectivity index (χ2n) is 8.41. The molecule has 0 radical (unpaired) electrons. The van der Waals surface area contributed by atoms with Gasteiger partial charge in [-0.3, -0.25) is 24.3 Å². The fourth-order valence-electron chi connectivity index (χ4n) is 4.42. The highest BCUT2D eigenvalue weighted by atomic mass is 16.4. The van der Waals surface area contributed by atoms with E-state index in [0.717, 1.165) is 21.5 Å². The van der Waals surface area contributed by atoms with Crippen LogP contribution >= 0.6 is 0 Å². The van der Waals surface area contributed by atoms with Crippen molar-refractivity contribution in [3.63, 3.8) is 0 Å². The molecule has 3 N–H and O–H groups in total. The maximum Gasteiger partial charge on any atom is 0.323 e. The lowest BCUT2D eigenvalue weighted by atomic mass is 9.98. The Balaban J connectivity index is 1.53. The number of hydrogen-bond acceptors (Lipinski definition) is 5. The summed E-state index contributed by atoms with van der Waals surface area (Å²) in [6.07, 6.45) is 0.168. The molecule has 3 aromatic carbocycles. The molecule has 0 fully saturated rings. The van der Waals surface area contributed by atoms with Gasteiger partial charge in [0, 0.05) is 29.7 Å². The van der Waals surface area contributed by atoms with Gasteiger partial charge in [0.05, 0.1) is 5.69 Å². The van der Waals surface area contributed by atoms with Crippen molar-refractivity contribution >= 4 is 40.6 Å². The zero-order valence-corrected chi connectivity index (χ0v) is 19.3. The number of benzene rings is 3. The van der Waals surface area contributed by atoms with Crippen LogP contribution in [0.1, 0.15) is 16.1 Å². The van der Waals surface area contributed by atoms with E-state index >= 15 is 0 Å². The molecule has 0 spiro atoms. The molecule has 0 bridgehead atoms. The van der Waals surface area contributed by atoms with Crippen molar-refractivity contribution in [3.8, 4) is 16.9 Å². The number of fused-ring (bicyclic) bond motifs is 2. The van der Waals surface area contributed by atoms with Crippen LogP contribution < -0.4 is 10.2 Å². The van der Waals surface area contributed by atoms with Gasteiger partial charge in [0.1, 0.15) is 18.0 Å². The second kappa shape index (κ2) is 9.03. The highest BCUT2D eigenvalue weighted by Gasteiger charge is 2.32. The monoisotopic (exact) mass is 482 g/mol. The molecule has 1 aliphatic heterocycles. The Labute approximate surface area is 205 Å². The standard InChI is InChI=1S/C27H22N4O5/c1-30-21-11-10-18(32)12-17(21)13-23(30)26(35)29-25-27(36)31(15-24(33)34)22-9-5-8-19(20(22)14-28-25)16-6-3-2-4-7-16/h2-14,25,32H,15H2,1H3,(H,29,35)(H,33,34). The number of benzodiazepines with no additional fused rings is 1. The quantitative estimate of drug-likeness (QED) is 0.403. The number of aliphatic carboxylic acids is 1. The zero-order chi connectivity index (χ0) is 25.4. The molecular weight excluding hydrogens is 460 g/mol. The lowest BCUT2D eigenvalue weighted by Gasteiger charge is -2.24. The van der Waals surface area contributed by atoms with Gasteiger partial charge in [-0.1, -0.05) is 42.5 Å². The number of aryl methyl sites for hydroxylation is 1. The molecule has 0 saturated carbocycles. The first-order valence-corrected chi connectivity index (χ1v) is 11.2. The maximum atomic E-state index is 13.5. The topological polar surface area (TPSA) is 124 Å². The normalized spacial score (nSPS) is 15.0. The molecule has 0 saturated heterocycles. The third-order valence-electron chi connectivity index (χ3n) is 6.13. The van der Waals surface area contributed by atoms with Crippen LogP contribution in [0.2, 0.25) is 0 Å². The number of carbonyl (C=O) groups is 3. The molecule has 180 valence electrons. The zero-order valence-electron chi connectivity index (χ0n) is 19.3. The number of amides is 2. The third kappa shape index (κ3) is 4.07. The van der Waals surface area contributed by atoms with Crippen molar-refractivity contribution in [2.75, 3.05) is 11.4 Å². The first kappa shape index (κ1) is 22.9. The number of phenolic OH excluding ortho intramolecular Hbond substituents is 1. The van der Waals surface area contributed by atoms with Crippen molar-refractivity contribution in [3.05, 3.63) is 84.1 Å². The van der Waals surface area contributed by atoms with Crippen molar-refractivity contribution in [1.82, 2.24) is 9.88 Å². The first-order valence-electron chi connectivity index (χ1n) is 11.2. The van der Waals surface area contributed by atoms with E-state index in [9.17, 15) is 24.6 Å². The summed E-state index contributed by atoms with van der Waals surface area (Å²) in [6, 6.07) is 21.1. The molecule has 36 heavy (non-hydrogen) atoms. The van der Waals surface area contributed by atoms with Gasteiger partial charge in [0.15, 0.2) is 0 Å². The number of anilines is 1. The number of rotatable bonds is 5. The number of phenols is 1. The molecule has 2 heterocycles. The molecule has 9 heteroatoms. The number of nitrogens with one attached hydrogen (secondary N) is 1. The fourth-order valence-corrected chi connectivity index (χ4v) is 4.42. The van der Waals surface area contributed by atoms with Crippen LogP contribution in [-0.2, 0) is 16.6 Å². The van der Waals surface area contributed by atoms with E-state index < -0.39 is 30.5 Å². The van der Waals surface area contributed by atoms with Crippen molar-refractivity contribution in [1.29, 1.82) is 0 Å². The Morgan fingerprint density at radius 3 is 2.56 bits per heavy atom. The van der Waals surface area contributed by atoms with Crippen LogP contribution in [0.15, 0.2) is 77.8 Å². The molecule has 1 atom stereocenters. The molecule has 1 aliphatic rings. The van der Waals surface area contributed by atoms with Crippen molar-refractivity contribution in [2.24, 2.45) is 12.0 Å². The Bertz CT molecular complexity index is 1540. The predicted molar refractivity (Wildman–Crippen MR) is 135 cm³/mol. The Hall–Kier alpha value is -4.92. The predicted octanol–water partition coefficient (Wildman–Crippen LogP) is 3.16. The minimum Gasteiger partial charge on any atom is -0.508 e. The summed E-state index contributed by atoms with van der Waals surface area (Å²) in [7, 11) is 1.70. The van der Waals surface area contributed by atoms with Crippen LogP contribution in [-0.4, -0.2) is 51.5 Å². The van der Waals surface area contributed by atoms with Gasteiger partial charge in [0.2, 0.25) is 6.17 Å². The number of carboxylic acids is 1. The number of carbonyl (C=O) groups excluding carboxylic acids is 2. The van der Waals surface area contributed by atoms with Gasteiger partial charge >= 0.3 is 5.97 Å². The molecule has 0 aliphatic carbocycles. The largest absolute Gasteiger partial charge is 0.508 e. The van der Waals surface area contributed by atoms with Gasteiger partial charge in [-0.15, -0.1) is 0 Å². The number of aliphatic imine (C=N–C) groups is 1. The Morgan fingerprint density at radius 2 is 1.81 bits per heavy atom. The lowest BCUT2D eigenvalue weighted by Crippen LogP contribution is -2.49. The summed E-state index contributed by atoms with van der Waals surface area (Å²) >= 11 is 0. The maximum absolute atomic E-state index is 13.5. The number of nitrogens with zero attached hydrogens (tertiary/aromatic N) is 3. The van der Waals surface area contributed by atoms with Gasteiger partial charge in [-0.25, -0.2) is 0 Å². The summed E-state index contributed by atoms with van der Waals surface area (Å²) in [5.74, 6) is -2.35. The molecule has 4 aromatic rings. The highest BCUT2D eigenvalue weighted by Crippen LogP contribution is 2.32. The molecule has 1 unspecified atom stereocenters. The van der Waals surface area contributed by atoms with E-state index in [-0.39, 0.29) is 11.4 Å². The number of carboxylic acid groups (broad SMARTS) is 1. The smallest absolute Gasteiger partial charge is 0.323 e. The molecule has 5 rings (SSSR count). The first-order chi connectivity index (χ1) is 17.3. The van der Waals surface area contributed by atoms with E-state index in [1.54, 1.807) is 35.9 Å². The Morgan fingerprint density at radius 1 is 1.03 bits per heavy atom. The Kier molecular flexibility index (Phi) is 5.73. The van der Waals surface area contributed by atoms with E-state index in [2.05, 4.69) is 10.3 Å². The summed E-state index contributed by atoms with van der Waals surface area (Å²) in [4.78, 5) is 43.8. The second-order valence-corrected chi connectivity index (χ2v) is 8.41. The minimum atomic E-state index is -1.33. The fraction of sp³-hybridized carbons (Fsp3) is 0.111. The molecule has 1 aromatic heterocycles. The number of hydrogen-bond donors (Lipinski definition) is 3. The summed E-state index contributed by atoms with van der Waals surface area (Å²) in [5.41, 5.74) is 3.61. The number of aromatic nitrogens is 1. The van der Waals surface area contributed by atoms with E-state index in [4.69, 9.17) is 0 Å². The SMILES string of the molecule is Cn1c(C(=O)NC2N=Cc3c(-c4ccccc4)cccc3N(CC(=O)O)C2=O)cc2cc(O)ccc21. The van der Waals surface area contributed by atoms with Crippen LogP contribution in [0, 0.1) is 0 Å². The van der Waals surface area contributed by atoms with Gasteiger partial charge in [-0.2, -0.15) is 0 Å². The van der Waals surface area contributed by atoms with Crippen LogP contribution in [0.5, 0.6) is 5.75 Å². The van der Waals surface area contributed by atoms with E-state index in [0.29, 0.717) is 16.6 Å². The van der Waals surface area contributed by atoms with E-state index in [1.807, 2.05) is 36.4 Å². The third-order valence-corrected chi connectivity index (χ3v) is 6.13. The minimum absolute atomic E-state index is 0.0694. The van der Waals surface area contributed by atoms with Crippen LogP contribution in [0.25, 0.3) is 22.0 Å². The van der Waals surface area contributed by atoms with Gasteiger partial charge in [0.25, 0.3) is 11.8 Å². The van der Waals surface area contributed by atoms with Crippen LogP contribution in [0.3, 0.4) is 0 Å². The van der Waals surface area contributed by atoms with Gasteiger partial charge < -0.3 is 20.1 Å².